The molecule has 2 rings (SSSR count). The molecule has 2 aromatic carbocycles. The highest BCUT2D eigenvalue weighted by Crippen LogP contribution is 2.32. The first-order valence-corrected chi connectivity index (χ1v) is 10.3. The van der Waals surface area contributed by atoms with Gasteiger partial charge in [0.2, 0.25) is 0 Å². The second-order valence-electron chi connectivity index (χ2n) is 6.03. The van der Waals surface area contributed by atoms with Crippen molar-refractivity contribution < 1.29 is 13.5 Å². The van der Waals surface area contributed by atoms with E-state index in [0.717, 1.165) is 23.1 Å². The van der Waals surface area contributed by atoms with Gasteiger partial charge >= 0.3 is 0 Å². The molecule has 0 spiro atoms. The minimum Gasteiger partial charge on any atom is -0.506 e. The Kier molecular flexibility index (Phi) is 6.01. The Balaban J connectivity index is 2.56. The fourth-order valence-corrected chi connectivity index (χ4v) is 4.80. The third-order valence-electron chi connectivity index (χ3n) is 4.25. The summed E-state index contributed by atoms with van der Waals surface area (Å²) in [5, 5.41) is 9.88. The molecule has 4 nitrogen and oxygen atoms in total. The van der Waals surface area contributed by atoms with Crippen LogP contribution in [0.5, 0.6) is 5.75 Å². The Morgan fingerprint density at radius 2 is 1.56 bits per heavy atom. The predicted octanol–water partition coefficient (Wildman–Crippen LogP) is 4.84. The van der Waals surface area contributed by atoms with E-state index in [1.165, 1.54) is 6.07 Å². The van der Waals surface area contributed by atoms with Crippen LogP contribution in [0.1, 0.15) is 43.0 Å². The topological polar surface area (TPSA) is 66.4 Å². The van der Waals surface area contributed by atoms with Crippen molar-refractivity contribution in [3.8, 4) is 5.75 Å². The van der Waals surface area contributed by atoms with E-state index < -0.39 is 10.0 Å². The lowest BCUT2D eigenvalue weighted by Crippen LogP contribution is -2.17. The summed E-state index contributed by atoms with van der Waals surface area (Å²) in [6.07, 6.45) is 2.12. The minimum absolute atomic E-state index is 0.0413. The number of hydrogen-bond acceptors (Lipinski definition) is 3. The number of aromatic hydroxyl groups is 1. The summed E-state index contributed by atoms with van der Waals surface area (Å²) in [7, 11) is -3.76. The van der Waals surface area contributed by atoms with Crippen molar-refractivity contribution in [1.29, 1.82) is 0 Å². The fraction of sp³-hybridized carbons (Fsp3) is 0.368. The summed E-state index contributed by atoms with van der Waals surface area (Å²) in [6, 6.07) is 6.90. The Morgan fingerprint density at radius 1 is 1.00 bits per heavy atom. The molecule has 0 atom stereocenters. The van der Waals surface area contributed by atoms with Gasteiger partial charge in [-0.2, -0.15) is 0 Å². The molecule has 25 heavy (non-hydrogen) atoms. The van der Waals surface area contributed by atoms with Crippen molar-refractivity contribution in [2.24, 2.45) is 0 Å². The second-order valence-corrected chi connectivity index (χ2v) is 8.06. The summed E-state index contributed by atoms with van der Waals surface area (Å²) in [5.74, 6) is -0.0413. The molecule has 0 fully saturated rings. The van der Waals surface area contributed by atoms with Gasteiger partial charge in [0.25, 0.3) is 10.0 Å². The maximum atomic E-state index is 13.1. The molecular formula is C19H24ClNO3S. The molecule has 0 aliphatic rings. The molecule has 0 saturated carbocycles. The van der Waals surface area contributed by atoms with Gasteiger partial charge < -0.3 is 5.11 Å². The molecule has 0 unspecified atom stereocenters. The quantitative estimate of drug-likeness (QED) is 0.703. The van der Waals surface area contributed by atoms with Crippen molar-refractivity contribution in [3.63, 3.8) is 0 Å². The third-order valence-corrected chi connectivity index (χ3v) is 6.10. The van der Waals surface area contributed by atoms with Gasteiger partial charge in [0.05, 0.1) is 15.6 Å². The van der Waals surface area contributed by atoms with Gasteiger partial charge in [-0.1, -0.05) is 44.5 Å². The van der Waals surface area contributed by atoms with Crippen LogP contribution in [-0.2, 0) is 29.3 Å². The number of halogens is 1. The maximum Gasteiger partial charge on any atom is 0.262 e. The molecule has 6 heteroatoms. The van der Waals surface area contributed by atoms with E-state index in [1.54, 1.807) is 13.0 Å². The predicted molar refractivity (Wildman–Crippen MR) is 103 cm³/mol. The van der Waals surface area contributed by atoms with Gasteiger partial charge in [-0.05, 0) is 60.6 Å². The molecule has 2 N–H and O–H groups in total. The van der Waals surface area contributed by atoms with E-state index in [2.05, 4.69) is 11.6 Å². The van der Waals surface area contributed by atoms with E-state index in [0.29, 0.717) is 29.0 Å². The van der Waals surface area contributed by atoms with Crippen molar-refractivity contribution in [2.45, 2.75) is 51.9 Å². The summed E-state index contributed by atoms with van der Waals surface area (Å²) in [5.41, 5.74) is 3.61. The number of phenolic OH excluding ortho intramolecular Hbond substituents is 1. The lowest BCUT2D eigenvalue weighted by Gasteiger charge is -2.17. The largest absolute Gasteiger partial charge is 0.506 e. The molecule has 0 radical (unpaired) electrons. The van der Waals surface area contributed by atoms with Crippen molar-refractivity contribution in [3.05, 3.63) is 51.5 Å². The highest BCUT2D eigenvalue weighted by molar-refractivity contribution is 7.92. The number of benzene rings is 2. The van der Waals surface area contributed by atoms with Gasteiger partial charge in [-0.15, -0.1) is 0 Å². The van der Waals surface area contributed by atoms with Crippen LogP contribution in [0.25, 0.3) is 0 Å². The lowest BCUT2D eigenvalue weighted by molar-refractivity contribution is 0.471. The molecule has 0 bridgehead atoms. The van der Waals surface area contributed by atoms with Crippen molar-refractivity contribution >= 4 is 27.3 Å². The molecule has 0 aliphatic carbocycles. The molecule has 0 aliphatic heterocycles. The van der Waals surface area contributed by atoms with Crippen LogP contribution < -0.4 is 4.72 Å². The zero-order chi connectivity index (χ0) is 18.8. The lowest BCUT2D eigenvalue weighted by atomic mass is 10.0. The first kappa shape index (κ1) is 19.6. The Labute approximate surface area is 154 Å². The number of phenols is 1. The maximum absolute atomic E-state index is 13.1. The SMILES string of the molecule is CCc1cc(CC)c(S(=O)(=O)Nc2cc(C)c(O)c(Cl)c2)c(CC)c1. The molecule has 136 valence electrons. The highest BCUT2D eigenvalue weighted by atomic mass is 35.5. The molecule has 2 aromatic rings. The van der Waals surface area contributed by atoms with Gasteiger partial charge in [0, 0.05) is 0 Å². The molecule has 0 aromatic heterocycles. The Hall–Kier alpha value is -1.72. The van der Waals surface area contributed by atoms with Gasteiger partial charge in [-0.25, -0.2) is 8.42 Å². The number of hydrogen-bond donors (Lipinski definition) is 2. The normalized spacial score (nSPS) is 11.6. The van der Waals surface area contributed by atoms with Gasteiger partial charge in [-0.3, -0.25) is 4.72 Å². The van der Waals surface area contributed by atoms with E-state index >= 15 is 0 Å². The van der Waals surface area contributed by atoms with Gasteiger partial charge in [0.15, 0.2) is 0 Å². The van der Waals surface area contributed by atoms with Crippen LogP contribution in [0.2, 0.25) is 5.02 Å². The van der Waals surface area contributed by atoms with Crippen LogP contribution >= 0.6 is 11.6 Å². The zero-order valence-corrected chi connectivity index (χ0v) is 16.6. The van der Waals surface area contributed by atoms with Gasteiger partial charge in [0.1, 0.15) is 5.75 Å². The van der Waals surface area contributed by atoms with Crippen LogP contribution in [0.3, 0.4) is 0 Å². The van der Waals surface area contributed by atoms with Crippen molar-refractivity contribution in [1.82, 2.24) is 0 Å². The first-order chi connectivity index (χ1) is 11.7. The first-order valence-electron chi connectivity index (χ1n) is 8.40. The molecule has 0 amide bonds. The smallest absolute Gasteiger partial charge is 0.262 e. The van der Waals surface area contributed by atoms with Crippen molar-refractivity contribution in [2.75, 3.05) is 4.72 Å². The summed E-state index contributed by atoms with van der Waals surface area (Å²) in [4.78, 5) is 0.344. The number of rotatable bonds is 6. The Bertz CT molecular complexity index is 844. The van der Waals surface area contributed by atoms with Crippen LogP contribution in [0.4, 0.5) is 5.69 Å². The summed E-state index contributed by atoms with van der Waals surface area (Å²) >= 11 is 5.97. The van der Waals surface area contributed by atoms with Crippen LogP contribution in [0.15, 0.2) is 29.2 Å². The average molecular weight is 382 g/mol. The van der Waals surface area contributed by atoms with Crippen LogP contribution in [0, 0.1) is 6.92 Å². The number of anilines is 1. The fourth-order valence-electron chi connectivity index (χ4n) is 2.90. The molecule has 0 heterocycles. The van der Waals surface area contributed by atoms with E-state index in [-0.39, 0.29) is 10.8 Å². The standard InChI is InChI=1S/C19H24ClNO3S/c1-5-13-9-14(6-2)19(15(7-3)10-13)25(23,24)21-16-8-12(4)18(22)17(20)11-16/h8-11,21-22H,5-7H2,1-4H3. The highest BCUT2D eigenvalue weighted by Gasteiger charge is 2.23. The molecular weight excluding hydrogens is 358 g/mol. The summed E-state index contributed by atoms with van der Waals surface area (Å²) < 4.78 is 28.7. The number of nitrogens with one attached hydrogen (secondary N) is 1. The third kappa shape index (κ3) is 4.10. The second kappa shape index (κ2) is 7.67. The number of sulfonamides is 1. The number of aryl methyl sites for hydroxylation is 4. The minimum atomic E-state index is -3.76. The summed E-state index contributed by atoms with van der Waals surface area (Å²) in [6.45, 7) is 7.63. The Morgan fingerprint density at radius 3 is 2.00 bits per heavy atom. The molecule has 0 saturated heterocycles. The van der Waals surface area contributed by atoms with E-state index in [9.17, 15) is 13.5 Å². The van der Waals surface area contributed by atoms with Crippen LogP contribution in [-0.4, -0.2) is 13.5 Å². The monoisotopic (exact) mass is 381 g/mol. The average Bonchev–Trinajstić information content (AvgIpc) is 2.57. The van der Waals surface area contributed by atoms with E-state index in [4.69, 9.17) is 11.6 Å². The zero-order valence-electron chi connectivity index (χ0n) is 15.0. The van der Waals surface area contributed by atoms with E-state index in [1.807, 2.05) is 26.0 Å².